The van der Waals surface area contributed by atoms with Crippen molar-refractivity contribution in [1.82, 2.24) is 10.2 Å². The third-order valence-electron chi connectivity index (χ3n) is 4.42. The van der Waals surface area contributed by atoms with Crippen LogP contribution in [0.2, 0.25) is 0 Å². The van der Waals surface area contributed by atoms with Crippen LogP contribution >= 0.6 is 0 Å². The Balaban J connectivity index is 2.11. The second-order valence-electron chi connectivity index (χ2n) is 5.74. The zero-order chi connectivity index (χ0) is 16.7. The molecule has 5 heteroatoms. The van der Waals surface area contributed by atoms with Crippen LogP contribution < -0.4 is 10.1 Å². The van der Waals surface area contributed by atoms with Crippen molar-refractivity contribution >= 4 is 12.0 Å². The van der Waals surface area contributed by atoms with E-state index >= 15 is 0 Å². The molecule has 1 aliphatic heterocycles. The number of ether oxygens (including phenoxy) is 2. The van der Waals surface area contributed by atoms with E-state index in [1.165, 1.54) is 0 Å². The first-order chi connectivity index (χ1) is 11.2. The zero-order valence-electron chi connectivity index (χ0n) is 14.2. The van der Waals surface area contributed by atoms with Gasteiger partial charge in [-0.05, 0) is 25.5 Å². The molecule has 1 aromatic rings. The zero-order valence-corrected chi connectivity index (χ0v) is 14.2. The SMILES string of the molecule is CNC(=O)C1(COC)CCCN1C/C=C/c1ccccc1OC. The number of carbonyl (C=O) groups excluding carboxylic acids is 1. The number of hydrogen-bond donors (Lipinski definition) is 1. The number of hydrogen-bond acceptors (Lipinski definition) is 4. The summed E-state index contributed by atoms with van der Waals surface area (Å²) in [5.74, 6) is 0.877. The molecule has 1 amide bonds. The predicted octanol–water partition coefficient (Wildman–Crippen LogP) is 1.94. The topological polar surface area (TPSA) is 50.8 Å². The highest BCUT2D eigenvalue weighted by Crippen LogP contribution is 2.30. The van der Waals surface area contributed by atoms with Gasteiger partial charge in [0.15, 0.2) is 0 Å². The van der Waals surface area contributed by atoms with E-state index < -0.39 is 5.54 Å². The van der Waals surface area contributed by atoms with Crippen molar-refractivity contribution in [1.29, 1.82) is 0 Å². The molecule has 1 aromatic carbocycles. The lowest BCUT2D eigenvalue weighted by atomic mass is 9.96. The fraction of sp³-hybridized carbons (Fsp3) is 0.500. The standard InChI is InChI=1S/C18H26N2O3/c1-19-17(21)18(14-22-2)11-7-13-20(18)12-6-9-15-8-4-5-10-16(15)23-3/h4-6,8-10H,7,11-14H2,1-3H3,(H,19,21)/b9-6+. The Labute approximate surface area is 138 Å². The maximum atomic E-state index is 12.4. The van der Waals surface area contributed by atoms with Gasteiger partial charge in [-0.2, -0.15) is 0 Å². The Morgan fingerprint density at radius 2 is 2.17 bits per heavy atom. The van der Waals surface area contributed by atoms with Gasteiger partial charge in [-0.15, -0.1) is 0 Å². The molecule has 0 aliphatic carbocycles. The van der Waals surface area contributed by atoms with Crippen LogP contribution in [0.3, 0.4) is 0 Å². The molecule has 0 bridgehead atoms. The number of rotatable bonds is 7. The van der Waals surface area contributed by atoms with Crippen LogP contribution in [0.5, 0.6) is 5.75 Å². The minimum absolute atomic E-state index is 0.0301. The molecule has 1 fully saturated rings. The van der Waals surface area contributed by atoms with E-state index in [1.807, 2.05) is 30.3 Å². The van der Waals surface area contributed by atoms with Gasteiger partial charge < -0.3 is 14.8 Å². The molecule has 1 N–H and O–H groups in total. The van der Waals surface area contributed by atoms with Gasteiger partial charge in [-0.1, -0.05) is 30.4 Å². The molecule has 126 valence electrons. The molecule has 2 rings (SSSR count). The summed E-state index contributed by atoms with van der Waals surface area (Å²) in [7, 11) is 5.00. The summed E-state index contributed by atoms with van der Waals surface area (Å²) in [6.45, 7) is 2.01. The van der Waals surface area contributed by atoms with Crippen LogP contribution in [0, 0.1) is 0 Å². The number of likely N-dealkylation sites (N-methyl/N-ethyl adjacent to an activating group) is 1. The highest BCUT2D eigenvalue weighted by Gasteiger charge is 2.46. The van der Waals surface area contributed by atoms with E-state index in [9.17, 15) is 4.79 Å². The lowest BCUT2D eigenvalue weighted by Crippen LogP contribution is -2.57. The Hall–Kier alpha value is -1.85. The molecular formula is C18H26N2O3. The predicted molar refractivity (Wildman–Crippen MR) is 91.5 cm³/mol. The lowest BCUT2D eigenvalue weighted by molar-refractivity contribution is -0.134. The van der Waals surface area contributed by atoms with Crippen molar-refractivity contribution in [3.63, 3.8) is 0 Å². The molecule has 1 heterocycles. The van der Waals surface area contributed by atoms with Gasteiger partial charge in [0, 0.05) is 26.3 Å². The normalized spacial score (nSPS) is 21.7. The number of likely N-dealkylation sites (tertiary alicyclic amines) is 1. The Kier molecular flexibility index (Phi) is 6.19. The van der Waals surface area contributed by atoms with Crippen molar-refractivity contribution in [2.24, 2.45) is 0 Å². The molecule has 5 nitrogen and oxygen atoms in total. The highest BCUT2D eigenvalue weighted by atomic mass is 16.5. The summed E-state index contributed by atoms with van der Waals surface area (Å²) in [5, 5.41) is 2.78. The van der Waals surface area contributed by atoms with E-state index in [2.05, 4.69) is 16.3 Å². The smallest absolute Gasteiger partial charge is 0.242 e. The first kappa shape index (κ1) is 17.5. The van der Waals surface area contributed by atoms with Crippen LogP contribution in [0.4, 0.5) is 0 Å². The van der Waals surface area contributed by atoms with Crippen molar-refractivity contribution < 1.29 is 14.3 Å². The van der Waals surface area contributed by atoms with Gasteiger partial charge in [-0.3, -0.25) is 9.69 Å². The molecule has 1 saturated heterocycles. The number of benzene rings is 1. The van der Waals surface area contributed by atoms with Crippen LogP contribution in [0.25, 0.3) is 6.08 Å². The van der Waals surface area contributed by atoms with Gasteiger partial charge in [0.05, 0.1) is 13.7 Å². The van der Waals surface area contributed by atoms with E-state index in [-0.39, 0.29) is 5.91 Å². The summed E-state index contributed by atoms with van der Waals surface area (Å²) in [4.78, 5) is 14.6. The molecular weight excluding hydrogens is 292 g/mol. The van der Waals surface area contributed by atoms with Crippen LogP contribution in [-0.4, -0.2) is 57.3 Å². The van der Waals surface area contributed by atoms with E-state index in [0.717, 1.165) is 30.7 Å². The summed E-state index contributed by atoms with van der Waals surface area (Å²) in [5.41, 5.74) is 0.473. The van der Waals surface area contributed by atoms with Crippen LogP contribution in [0.15, 0.2) is 30.3 Å². The first-order valence-electron chi connectivity index (χ1n) is 7.93. The molecule has 0 aromatic heterocycles. The third kappa shape index (κ3) is 3.74. The largest absolute Gasteiger partial charge is 0.496 e. The molecule has 23 heavy (non-hydrogen) atoms. The fourth-order valence-corrected chi connectivity index (χ4v) is 3.27. The minimum Gasteiger partial charge on any atom is -0.496 e. The summed E-state index contributed by atoms with van der Waals surface area (Å²) < 4.78 is 10.7. The summed E-state index contributed by atoms with van der Waals surface area (Å²) in [6.07, 6.45) is 5.94. The summed E-state index contributed by atoms with van der Waals surface area (Å²) in [6, 6.07) is 7.89. The molecule has 1 aliphatic rings. The number of nitrogens with one attached hydrogen (secondary N) is 1. The monoisotopic (exact) mass is 318 g/mol. The Morgan fingerprint density at radius 1 is 1.39 bits per heavy atom. The van der Waals surface area contributed by atoms with Gasteiger partial charge in [0.25, 0.3) is 0 Å². The highest BCUT2D eigenvalue weighted by molar-refractivity contribution is 5.86. The van der Waals surface area contributed by atoms with Crippen molar-refractivity contribution in [2.45, 2.75) is 18.4 Å². The van der Waals surface area contributed by atoms with E-state index in [1.54, 1.807) is 21.3 Å². The second kappa shape index (κ2) is 8.13. The van der Waals surface area contributed by atoms with Crippen molar-refractivity contribution in [3.05, 3.63) is 35.9 Å². The number of carbonyl (C=O) groups is 1. The molecule has 1 unspecified atom stereocenters. The molecule has 0 saturated carbocycles. The number of amides is 1. The fourth-order valence-electron chi connectivity index (χ4n) is 3.27. The van der Waals surface area contributed by atoms with Gasteiger partial charge in [0.1, 0.15) is 11.3 Å². The van der Waals surface area contributed by atoms with E-state index in [4.69, 9.17) is 9.47 Å². The minimum atomic E-state index is -0.561. The molecule has 0 radical (unpaired) electrons. The van der Waals surface area contributed by atoms with Crippen molar-refractivity contribution in [2.75, 3.05) is 41.0 Å². The number of methoxy groups -OCH3 is 2. The quantitative estimate of drug-likeness (QED) is 0.835. The second-order valence-corrected chi connectivity index (χ2v) is 5.74. The third-order valence-corrected chi connectivity index (χ3v) is 4.42. The Bertz CT molecular complexity index is 559. The Morgan fingerprint density at radius 3 is 2.87 bits per heavy atom. The van der Waals surface area contributed by atoms with Gasteiger partial charge in [0.2, 0.25) is 5.91 Å². The van der Waals surface area contributed by atoms with Crippen LogP contribution in [0.1, 0.15) is 18.4 Å². The van der Waals surface area contributed by atoms with Crippen LogP contribution in [-0.2, 0) is 9.53 Å². The summed E-state index contributed by atoms with van der Waals surface area (Å²) >= 11 is 0. The molecule has 0 spiro atoms. The maximum Gasteiger partial charge on any atom is 0.242 e. The van der Waals surface area contributed by atoms with E-state index in [0.29, 0.717) is 13.2 Å². The van der Waals surface area contributed by atoms with Gasteiger partial charge >= 0.3 is 0 Å². The van der Waals surface area contributed by atoms with Gasteiger partial charge in [-0.25, -0.2) is 0 Å². The number of nitrogens with zero attached hydrogens (tertiary/aromatic N) is 1. The van der Waals surface area contributed by atoms with Crippen molar-refractivity contribution in [3.8, 4) is 5.75 Å². The maximum absolute atomic E-state index is 12.4. The average molecular weight is 318 g/mol. The first-order valence-corrected chi connectivity index (χ1v) is 7.93. The average Bonchev–Trinajstić information content (AvgIpc) is 2.98. The lowest BCUT2D eigenvalue weighted by Gasteiger charge is -2.35. The molecule has 1 atom stereocenters. The number of para-hydroxylation sites is 1.